The number of hydrogen-bond donors (Lipinski definition) is 0. The zero-order valence-corrected chi connectivity index (χ0v) is 10.9. The zero-order chi connectivity index (χ0) is 13.2. The van der Waals surface area contributed by atoms with Gasteiger partial charge in [-0.1, -0.05) is 54.1 Å². The Labute approximate surface area is 116 Å². The lowest BCUT2D eigenvalue weighted by molar-refractivity contribution is 0.112. The van der Waals surface area contributed by atoms with Crippen LogP contribution in [0.5, 0.6) is 0 Å². The van der Waals surface area contributed by atoms with Gasteiger partial charge in [-0.25, -0.2) is 0 Å². The Kier molecular flexibility index (Phi) is 3.06. The van der Waals surface area contributed by atoms with Crippen LogP contribution >= 0.6 is 11.6 Å². The summed E-state index contributed by atoms with van der Waals surface area (Å²) in [7, 11) is 0. The quantitative estimate of drug-likeness (QED) is 0.598. The predicted molar refractivity (Wildman–Crippen MR) is 79.8 cm³/mol. The fourth-order valence-electron chi connectivity index (χ4n) is 2.31. The second kappa shape index (κ2) is 4.87. The molecule has 2 heteroatoms. The number of halogens is 1. The van der Waals surface area contributed by atoms with Gasteiger partial charge in [-0.15, -0.1) is 0 Å². The van der Waals surface area contributed by atoms with E-state index in [1.54, 1.807) is 6.07 Å². The molecule has 0 radical (unpaired) electrons. The molecular formula is C17H11ClO. The van der Waals surface area contributed by atoms with Crippen LogP contribution in [-0.2, 0) is 0 Å². The van der Waals surface area contributed by atoms with Gasteiger partial charge in [0.2, 0.25) is 0 Å². The van der Waals surface area contributed by atoms with E-state index in [0.29, 0.717) is 10.6 Å². The van der Waals surface area contributed by atoms with E-state index in [0.717, 1.165) is 22.8 Å². The lowest BCUT2D eigenvalue weighted by atomic mass is 9.97. The van der Waals surface area contributed by atoms with Crippen molar-refractivity contribution < 1.29 is 4.79 Å². The van der Waals surface area contributed by atoms with Gasteiger partial charge in [0, 0.05) is 10.6 Å². The molecule has 3 aromatic rings. The van der Waals surface area contributed by atoms with Crippen LogP contribution in [0.4, 0.5) is 0 Å². The van der Waals surface area contributed by atoms with Crippen molar-refractivity contribution in [1.82, 2.24) is 0 Å². The van der Waals surface area contributed by atoms with Gasteiger partial charge in [0.05, 0.1) is 0 Å². The summed E-state index contributed by atoms with van der Waals surface area (Å²) >= 11 is 6.07. The van der Waals surface area contributed by atoms with Crippen molar-refractivity contribution >= 4 is 28.7 Å². The van der Waals surface area contributed by atoms with Crippen LogP contribution in [0.2, 0.25) is 5.02 Å². The van der Waals surface area contributed by atoms with E-state index in [2.05, 4.69) is 18.2 Å². The molecule has 0 heterocycles. The van der Waals surface area contributed by atoms with Crippen molar-refractivity contribution in [2.45, 2.75) is 0 Å². The number of rotatable bonds is 2. The second-order valence-electron chi connectivity index (χ2n) is 4.42. The Balaban J connectivity index is 2.30. The average Bonchev–Trinajstić information content (AvgIpc) is 2.46. The van der Waals surface area contributed by atoms with Crippen LogP contribution in [0, 0.1) is 0 Å². The molecule has 0 bridgehead atoms. The first kappa shape index (κ1) is 11.9. The molecule has 0 aromatic heterocycles. The SMILES string of the molecule is O=Cc1cc(Cl)cc(-c2cccc3ccccc23)c1. The molecule has 92 valence electrons. The number of carbonyl (C=O) groups excluding carboxylic acids is 1. The number of carbonyl (C=O) groups is 1. The lowest BCUT2D eigenvalue weighted by Gasteiger charge is -2.08. The first-order valence-corrected chi connectivity index (χ1v) is 6.39. The Morgan fingerprint density at radius 2 is 1.68 bits per heavy atom. The van der Waals surface area contributed by atoms with Gasteiger partial charge in [-0.2, -0.15) is 0 Å². The van der Waals surface area contributed by atoms with Gasteiger partial charge >= 0.3 is 0 Å². The monoisotopic (exact) mass is 266 g/mol. The highest BCUT2D eigenvalue weighted by Crippen LogP contribution is 2.30. The van der Waals surface area contributed by atoms with Crippen molar-refractivity contribution in [3.8, 4) is 11.1 Å². The molecule has 0 fully saturated rings. The minimum atomic E-state index is 0.576. The average molecular weight is 267 g/mol. The Bertz CT molecular complexity index is 757. The van der Waals surface area contributed by atoms with E-state index in [-0.39, 0.29) is 0 Å². The molecule has 0 aliphatic rings. The van der Waals surface area contributed by atoms with Crippen LogP contribution in [0.3, 0.4) is 0 Å². The number of aldehydes is 1. The van der Waals surface area contributed by atoms with Crippen molar-refractivity contribution in [2.75, 3.05) is 0 Å². The topological polar surface area (TPSA) is 17.1 Å². The smallest absolute Gasteiger partial charge is 0.150 e. The van der Waals surface area contributed by atoms with E-state index < -0.39 is 0 Å². The summed E-state index contributed by atoms with van der Waals surface area (Å²) in [5.74, 6) is 0. The van der Waals surface area contributed by atoms with E-state index in [1.807, 2.05) is 36.4 Å². The Hall–Kier alpha value is -2.12. The molecule has 0 amide bonds. The van der Waals surface area contributed by atoms with E-state index in [1.165, 1.54) is 5.39 Å². The van der Waals surface area contributed by atoms with Gasteiger partial charge < -0.3 is 0 Å². The number of fused-ring (bicyclic) bond motifs is 1. The highest BCUT2D eigenvalue weighted by Gasteiger charge is 2.05. The molecule has 0 atom stereocenters. The molecule has 0 saturated carbocycles. The predicted octanol–water partition coefficient (Wildman–Crippen LogP) is 4.97. The number of benzene rings is 3. The van der Waals surface area contributed by atoms with Crippen molar-refractivity contribution in [1.29, 1.82) is 0 Å². The maximum absolute atomic E-state index is 10.9. The molecule has 1 nitrogen and oxygen atoms in total. The minimum absolute atomic E-state index is 0.576. The third-order valence-corrected chi connectivity index (χ3v) is 3.38. The highest BCUT2D eigenvalue weighted by atomic mass is 35.5. The summed E-state index contributed by atoms with van der Waals surface area (Å²) < 4.78 is 0. The standard InChI is InChI=1S/C17H11ClO/c18-15-9-12(11-19)8-14(10-15)17-7-3-5-13-4-1-2-6-16(13)17/h1-11H. The largest absolute Gasteiger partial charge is 0.298 e. The van der Waals surface area contributed by atoms with Gasteiger partial charge in [0.25, 0.3) is 0 Å². The summed E-state index contributed by atoms with van der Waals surface area (Å²) in [5.41, 5.74) is 2.64. The van der Waals surface area contributed by atoms with E-state index in [4.69, 9.17) is 11.6 Å². The molecule has 19 heavy (non-hydrogen) atoms. The first-order chi connectivity index (χ1) is 9.28. The third kappa shape index (κ3) is 2.25. The summed E-state index contributed by atoms with van der Waals surface area (Å²) in [6.45, 7) is 0. The normalized spacial score (nSPS) is 10.6. The molecule has 0 N–H and O–H groups in total. The summed E-state index contributed by atoms with van der Waals surface area (Å²) in [4.78, 5) is 10.9. The maximum atomic E-state index is 10.9. The van der Waals surface area contributed by atoms with Crippen molar-refractivity contribution in [3.63, 3.8) is 0 Å². The fraction of sp³-hybridized carbons (Fsp3) is 0. The lowest BCUT2D eigenvalue weighted by Crippen LogP contribution is -1.85. The van der Waals surface area contributed by atoms with Crippen LogP contribution in [-0.4, -0.2) is 6.29 Å². The van der Waals surface area contributed by atoms with Gasteiger partial charge in [0.1, 0.15) is 6.29 Å². The summed E-state index contributed by atoms with van der Waals surface area (Å²) in [6.07, 6.45) is 0.820. The Morgan fingerprint density at radius 3 is 2.53 bits per heavy atom. The van der Waals surface area contributed by atoms with Gasteiger partial charge in [-0.05, 0) is 40.1 Å². The van der Waals surface area contributed by atoms with Crippen molar-refractivity contribution in [2.24, 2.45) is 0 Å². The number of hydrogen-bond acceptors (Lipinski definition) is 1. The first-order valence-electron chi connectivity index (χ1n) is 6.02. The van der Waals surface area contributed by atoms with E-state index in [9.17, 15) is 4.79 Å². The molecule has 0 unspecified atom stereocenters. The van der Waals surface area contributed by atoms with Crippen LogP contribution in [0.25, 0.3) is 21.9 Å². The fourth-order valence-corrected chi connectivity index (χ4v) is 2.56. The molecular weight excluding hydrogens is 256 g/mol. The summed E-state index contributed by atoms with van der Waals surface area (Å²) in [5, 5.41) is 2.91. The minimum Gasteiger partial charge on any atom is -0.298 e. The van der Waals surface area contributed by atoms with Crippen LogP contribution in [0.1, 0.15) is 10.4 Å². The maximum Gasteiger partial charge on any atom is 0.150 e. The third-order valence-electron chi connectivity index (χ3n) is 3.16. The molecule has 0 aliphatic carbocycles. The molecule has 3 rings (SSSR count). The Morgan fingerprint density at radius 1 is 0.895 bits per heavy atom. The molecule has 0 aliphatic heterocycles. The van der Waals surface area contributed by atoms with Gasteiger partial charge in [0.15, 0.2) is 0 Å². The molecule has 3 aromatic carbocycles. The van der Waals surface area contributed by atoms with Crippen LogP contribution in [0.15, 0.2) is 60.7 Å². The van der Waals surface area contributed by atoms with Crippen LogP contribution < -0.4 is 0 Å². The van der Waals surface area contributed by atoms with Crippen molar-refractivity contribution in [3.05, 3.63) is 71.2 Å². The zero-order valence-electron chi connectivity index (χ0n) is 10.1. The molecule has 0 saturated heterocycles. The highest BCUT2D eigenvalue weighted by molar-refractivity contribution is 6.31. The van der Waals surface area contributed by atoms with Gasteiger partial charge in [-0.3, -0.25) is 4.79 Å². The summed E-state index contributed by atoms with van der Waals surface area (Å²) in [6, 6.07) is 19.7. The second-order valence-corrected chi connectivity index (χ2v) is 4.85. The van der Waals surface area contributed by atoms with E-state index >= 15 is 0 Å². The molecule has 0 spiro atoms.